The van der Waals surface area contributed by atoms with Gasteiger partial charge in [0.25, 0.3) is 0 Å². The van der Waals surface area contributed by atoms with E-state index in [1.807, 2.05) is 66.7 Å². The molecule has 0 aromatic heterocycles. The number of fused-ring (bicyclic) bond motifs is 1. The smallest absolute Gasteiger partial charge is 0.174 e. The van der Waals surface area contributed by atoms with Crippen LogP contribution in [-0.2, 0) is 13.2 Å². The van der Waals surface area contributed by atoms with Gasteiger partial charge in [0.2, 0.25) is 0 Å². The van der Waals surface area contributed by atoms with Crippen molar-refractivity contribution in [2.75, 3.05) is 0 Å². The Hall–Kier alpha value is -3.47. The van der Waals surface area contributed by atoms with Crippen LogP contribution in [0.3, 0.4) is 0 Å². The first-order valence-corrected chi connectivity index (χ1v) is 12.0. The van der Waals surface area contributed by atoms with Crippen LogP contribution in [-0.4, -0.2) is 5.78 Å². The van der Waals surface area contributed by atoms with Gasteiger partial charge in [-0.05, 0) is 28.8 Å². The predicted octanol–water partition coefficient (Wildman–Crippen LogP) is 7.86. The highest BCUT2D eigenvalue weighted by Crippen LogP contribution is 2.43. The molecule has 1 heterocycles. The van der Waals surface area contributed by atoms with E-state index in [0.717, 1.165) is 16.7 Å². The van der Waals surface area contributed by atoms with E-state index in [1.54, 1.807) is 24.3 Å². The zero-order valence-corrected chi connectivity index (χ0v) is 20.3. The van der Waals surface area contributed by atoms with Gasteiger partial charge < -0.3 is 14.2 Å². The minimum Gasteiger partial charge on any atom is -0.489 e. The summed E-state index contributed by atoms with van der Waals surface area (Å²) in [5.74, 6) is 1.34. The van der Waals surface area contributed by atoms with Crippen LogP contribution < -0.4 is 14.2 Å². The summed E-state index contributed by atoms with van der Waals surface area (Å²) in [6.45, 7) is 0.695. The van der Waals surface area contributed by atoms with Crippen molar-refractivity contribution in [3.8, 4) is 17.2 Å². The summed E-state index contributed by atoms with van der Waals surface area (Å²) in [6.07, 6.45) is -0.326. The highest BCUT2D eigenvalue weighted by molar-refractivity contribution is 6.42. The van der Waals surface area contributed by atoms with Crippen LogP contribution >= 0.6 is 23.2 Å². The summed E-state index contributed by atoms with van der Waals surface area (Å²) in [4.78, 5) is 13.3. The molecular weight excluding hydrogens is 483 g/mol. The fraction of sp³-hybridized carbons (Fsp3) is 0.138. The minimum atomic E-state index is -0.490. The molecule has 0 amide bonds. The maximum Gasteiger partial charge on any atom is 0.174 e. The van der Waals surface area contributed by atoms with Crippen molar-refractivity contribution in [1.29, 1.82) is 0 Å². The second-order valence-electron chi connectivity index (χ2n) is 8.25. The molecular formula is C29H22Cl2O4. The zero-order chi connectivity index (χ0) is 24.2. The van der Waals surface area contributed by atoms with E-state index in [9.17, 15) is 4.79 Å². The molecule has 0 aliphatic carbocycles. The third-order valence-electron chi connectivity index (χ3n) is 5.76. The van der Waals surface area contributed by atoms with E-state index in [4.69, 9.17) is 37.4 Å². The van der Waals surface area contributed by atoms with Gasteiger partial charge in [0.15, 0.2) is 5.78 Å². The molecule has 0 radical (unpaired) electrons. The van der Waals surface area contributed by atoms with Gasteiger partial charge in [0.05, 0.1) is 16.5 Å². The number of ether oxygens (including phenoxy) is 3. The first-order valence-electron chi connectivity index (χ1n) is 11.2. The van der Waals surface area contributed by atoms with Gasteiger partial charge in [-0.2, -0.15) is 0 Å². The van der Waals surface area contributed by atoms with Gasteiger partial charge in [-0.15, -0.1) is 0 Å². The Morgan fingerprint density at radius 2 is 1.43 bits per heavy atom. The van der Waals surface area contributed by atoms with Gasteiger partial charge in [-0.3, -0.25) is 4.79 Å². The van der Waals surface area contributed by atoms with E-state index < -0.39 is 6.10 Å². The third-order valence-corrected chi connectivity index (χ3v) is 6.50. The average molecular weight is 505 g/mol. The van der Waals surface area contributed by atoms with E-state index >= 15 is 0 Å². The topological polar surface area (TPSA) is 44.8 Å². The molecule has 0 saturated carbocycles. The lowest BCUT2D eigenvalue weighted by Gasteiger charge is -2.27. The van der Waals surface area contributed by atoms with Crippen LogP contribution in [0.1, 0.15) is 39.6 Å². The summed E-state index contributed by atoms with van der Waals surface area (Å²) in [5.41, 5.74) is 3.22. The van der Waals surface area contributed by atoms with Gasteiger partial charge in [-0.1, -0.05) is 89.9 Å². The molecule has 4 aromatic rings. The maximum absolute atomic E-state index is 13.3. The van der Waals surface area contributed by atoms with Crippen LogP contribution in [0, 0.1) is 0 Å². The monoisotopic (exact) mass is 504 g/mol. The Kier molecular flexibility index (Phi) is 6.94. The van der Waals surface area contributed by atoms with Crippen LogP contribution in [0.5, 0.6) is 17.2 Å². The lowest BCUT2D eigenvalue weighted by Crippen LogP contribution is -2.21. The van der Waals surface area contributed by atoms with Crippen molar-refractivity contribution in [2.24, 2.45) is 0 Å². The van der Waals surface area contributed by atoms with Crippen molar-refractivity contribution in [1.82, 2.24) is 0 Å². The van der Waals surface area contributed by atoms with Crippen molar-refractivity contribution in [2.45, 2.75) is 25.7 Å². The molecule has 4 nitrogen and oxygen atoms in total. The molecule has 0 fully saturated rings. The van der Waals surface area contributed by atoms with E-state index in [1.165, 1.54) is 0 Å². The molecule has 5 rings (SSSR count). The van der Waals surface area contributed by atoms with Crippen LogP contribution in [0.2, 0.25) is 10.0 Å². The van der Waals surface area contributed by atoms with Crippen molar-refractivity contribution >= 4 is 29.0 Å². The Morgan fingerprint density at radius 1 is 0.771 bits per heavy atom. The third kappa shape index (κ3) is 5.45. The predicted molar refractivity (Wildman–Crippen MR) is 137 cm³/mol. The second-order valence-corrected chi connectivity index (χ2v) is 9.06. The number of rotatable bonds is 7. The summed E-state index contributed by atoms with van der Waals surface area (Å²) in [5, 5.41) is 0.865. The highest BCUT2D eigenvalue weighted by atomic mass is 35.5. The number of halogens is 2. The van der Waals surface area contributed by atoms with E-state index in [0.29, 0.717) is 46.1 Å². The van der Waals surface area contributed by atoms with Gasteiger partial charge in [0, 0.05) is 12.1 Å². The summed E-state index contributed by atoms with van der Waals surface area (Å²) < 4.78 is 18.4. The molecule has 1 aliphatic heterocycles. The number of ketones is 1. The molecule has 1 atom stereocenters. The Labute approximate surface area is 214 Å². The summed E-state index contributed by atoms with van der Waals surface area (Å²) in [6, 6.07) is 28.4. The number of carbonyl (C=O) groups is 1. The lowest BCUT2D eigenvalue weighted by molar-refractivity contribution is 0.0841. The van der Waals surface area contributed by atoms with E-state index in [2.05, 4.69) is 0 Å². The highest BCUT2D eigenvalue weighted by Gasteiger charge is 2.32. The molecule has 0 saturated heterocycles. The van der Waals surface area contributed by atoms with Crippen LogP contribution in [0.25, 0.3) is 0 Å². The molecule has 0 N–H and O–H groups in total. The molecule has 35 heavy (non-hydrogen) atoms. The molecule has 6 heteroatoms. The quantitative estimate of drug-likeness (QED) is 0.257. The molecule has 4 aromatic carbocycles. The number of hydrogen-bond acceptors (Lipinski definition) is 4. The van der Waals surface area contributed by atoms with E-state index in [-0.39, 0.29) is 12.2 Å². The normalized spacial score (nSPS) is 14.7. The number of benzene rings is 4. The summed E-state index contributed by atoms with van der Waals surface area (Å²) >= 11 is 12.3. The van der Waals surface area contributed by atoms with Gasteiger partial charge >= 0.3 is 0 Å². The molecule has 1 unspecified atom stereocenters. The van der Waals surface area contributed by atoms with Crippen molar-refractivity contribution in [3.63, 3.8) is 0 Å². The van der Waals surface area contributed by atoms with Gasteiger partial charge in [-0.25, -0.2) is 0 Å². The van der Waals surface area contributed by atoms with Crippen LogP contribution in [0.4, 0.5) is 0 Å². The molecule has 0 bridgehead atoms. The molecule has 1 aliphatic rings. The number of Topliss-reactive ketones (excluding diaryl/α,β-unsaturated/α-hetero) is 1. The molecule has 0 spiro atoms. The Balaban J connectivity index is 1.46. The lowest BCUT2D eigenvalue weighted by atomic mass is 9.95. The fourth-order valence-corrected chi connectivity index (χ4v) is 4.28. The minimum absolute atomic E-state index is 0.0695. The zero-order valence-electron chi connectivity index (χ0n) is 18.7. The standard InChI is InChI=1S/C29H22Cl2O4/c30-23-12-11-21(13-24(23)31)26-16-25(32)29-27(34-18-20-9-5-2-6-10-20)14-22(15-28(29)35-26)33-17-19-7-3-1-4-8-19/h1-15,26H,16-18H2. The first kappa shape index (κ1) is 23.3. The number of carbonyl (C=O) groups excluding carboxylic acids is 1. The maximum atomic E-state index is 13.3. The van der Waals surface area contributed by atoms with Crippen molar-refractivity contribution in [3.05, 3.63) is 123 Å². The Morgan fingerprint density at radius 3 is 2.09 bits per heavy atom. The Bertz CT molecular complexity index is 1340. The SMILES string of the molecule is O=C1CC(c2ccc(Cl)c(Cl)c2)Oc2cc(OCc3ccccc3)cc(OCc3ccccc3)c21. The second kappa shape index (κ2) is 10.4. The van der Waals surface area contributed by atoms with Crippen molar-refractivity contribution < 1.29 is 19.0 Å². The summed E-state index contributed by atoms with van der Waals surface area (Å²) in [7, 11) is 0. The number of hydrogen-bond donors (Lipinski definition) is 0. The largest absolute Gasteiger partial charge is 0.489 e. The first-order chi connectivity index (χ1) is 17.1. The molecule has 176 valence electrons. The average Bonchev–Trinajstić information content (AvgIpc) is 2.88. The van der Waals surface area contributed by atoms with Crippen LogP contribution in [0.15, 0.2) is 91.0 Å². The fourth-order valence-electron chi connectivity index (χ4n) is 3.97. The van der Waals surface area contributed by atoms with Gasteiger partial charge in [0.1, 0.15) is 42.1 Å².